The Labute approximate surface area is 125 Å². The van der Waals surface area contributed by atoms with E-state index in [9.17, 15) is 14.3 Å². The minimum Gasteiger partial charge on any atom is -0.258 e. The van der Waals surface area contributed by atoms with E-state index >= 15 is 0 Å². The highest BCUT2D eigenvalue weighted by Gasteiger charge is 2.14. The molecule has 1 unspecified atom stereocenters. The summed E-state index contributed by atoms with van der Waals surface area (Å²) < 4.78 is 16.6. The van der Waals surface area contributed by atoms with Crippen molar-refractivity contribution in [2.75, 3.05) is 0 Å². The Hall–Kier alpha value is -1.73. The fraction of sp³-hybridized carbons (Fsp3) is 0.0769. The molecule has 0 spiro atoms. The van der Waals surface area contributed by atoms with Gasteiger partial charge in [0.2, 0.25) is 0 Å². The van der Waals surface area contributed by atoms with Crippen molar-refractivity contribution in [1.29, 1.82) is 0 Å². The Morgan fingerprint density at radius 3 is 2.20 bits per heavy atom. The van der Waals surface area contributed by atoms with Crippen molar-refractivity contribution in [3.8, 4) is 0 Å². The van der Waals surface area contributed by atoms with Crippen LogP contribution in [0.3, 0.4) is 0 Å². The van der Waals surface area contributed by atoms with E-state index in [1.165, 1.54) is 12.1 Å². The lowest BCUT2D eigenvalue weighted by Gasteiger charge is -2.08. The second-order valence-electron chi connectivity index (χ2n) is 4.09. The van der Waals surface area contributed by atoms with Gasteiger partial charge in [0.05, 0.1) is 36.6 Å². The largest absolute Gasteiger partial charge is 0.269 e. The zero-order valence-electron chi connectivity index (χ0n) is 10.3. The van der Waals surface area contributed by atoms with Gasteiger partial charge in [-0.05, 0) is 17.7 Å². The molecule has 0 radical (unpaired) electrons. The standard InChI is InChI=1S/C13H11BrN2O3S/c14-15-20(19,13-4-2-1-3-5-13)10-11-6-8-12(9-7-11)16(17)18/h1-9H,10H2. The monoisotopic (exact) mass is 354 g/mol. The maximum Gasteiger partial charge on any atom is 0.269 e. The number of rotatable bonds is 4. The molecule has 5 nitrogen and oxygen atoms in total. The summed E-state index contributed by atoms with van der Waals surface area (Å²) in [5, 5.41) is 10.6. The van der Waals surface area contributed by atoms with E-state index < -0.39 is 14.7 Å². The molecule has 0 N–H and O–H groups in total. The lowest BCUT2D eigenvalue weighted by molar-refractivity contribution is -0.384. The molecule has 0 aliphatic carbocycles. The van der Waals surface area contributed by atoms with Gasteiger partial charge in [-0.25, -0.2) is 4.21 Å². The van der Waals surface area contributed by atoms with E-state index in [-0.39, 0.29) is 11.4 Å². The van der Waals surface area contributed by atoms with Crippen LogP contribution < -0.4 is 0 Å². The molecule has 2 rings (SSSR count). The SMILES string of the molecule is O=[N+]([O-])c1ccc(CS(=O)(=NBr)c2ccccc2)cc1. The van der Waals surface area contributed by atoms with Crippen molar-refractivity contribution in [3.63, 3.8) is 0 Å². The maximum absolute atomic E-state index is 12.8. The van der Waals surface area contributed by atoms with E-state index in [2.05, 4.69) is 19.5 Å². The number of hydrogen-bond acceptors (Lipinski definition) is 4. The van der Waals surface area contributed by atoms with Crippen LogP contribution >= 0.6 is 16.1 Å². The molecule has 2 aromatic rings. The summed E-state index contributed by atoms with van der Waals surface area (Å²) in [7, 11) is -2.62. The van der Waals surface area contributed by atoms with Crippen LogP contribution in [0.5, 0.6) is 0 Å². The molecule has 104 valence electrons. The number of halogens is 1. The zero-order valence-corrected chi connectivity index (χ0v) is 12.7. The van der Waals surface area contributed by atoms with Crippen molar-refractivity contribution in [2.24, 2.45) is 3.39 Å². The number of nitrogens with zero attached hydrogens (tertiary/aromatic N) is 2. The fourth-order valence-corrected chi connectivity index (χ4v) is 4.05. The minimum absolute atomic E-state index is 0.00995. The van der Waals surface area contributed by atoms with Gasteiger partial charge in [0, 0.05) is 17.0 Å². The molecule has 1 atom stereocenters. The van der Waals surface area contributed by atoms with Crippen LogP contribution in [0.1, 0.15) is 5.56 Å². The van der Waals surface area contributed by atoms with Gasteiger partial charge in [-0.15, -0.1) is 0 Å². The third kappa shape index (κ3) is 3.23. The first kappa shape index (κ1) is 14.7. The van der Waals surface area contributed by atoms with E-state index in [4.69, 9.17) is 0 Å². The summed E-state index contributed by atoms with van der Waals surface area (Å²) in [5.74, 6) is 0.195. The average Bonchev–Trinajstić information content (AvgIpc) is 2.48. The number of hydrogen-bond donors (Lipinski definition) is 0. The van der Waals surface area contributed by atoms with Crippen molar-refractivity contribution in [3.05, 3.63) is 70.3 Å². The molecule has 0 amide bonds. The molecule has 0 saturated heterocycles. The van der Waals surface area contributed by atoms with Gasteiger partial charge in [-0.3, -0.25) is 10.1 Å². The highest BCUT2D eigenvalue weighted by atomic mass is 79.9. The zero-order chi connectivity index (χ0) is 14.6. The lowest BCUT2D eigenvalue weighted by atomic mass is 10.2. The molecule has 0 saturated carbocycles. The number of benzene rings is 2. The second-order valence-corrected chi connectivity index (χ2v) is 7.14. The molecule has 0 bridgehead atoms. The third-order valence-electron chi connectivity index (χ3n) is 2.73. The van der Waals surface area contributed by atoms with Gasteiger partial charge in [0.25, 0.3) is 5.69 Å². The predicted molar refractivity (Wildman–Crippen MR) is 81.0 cm³/mol. The average molecular weight is 355 g/mol. The molecule has 0 aromatic heterocycles. The Bertz CT molecular complexity index is 723. The summed E-state index contributed by atoms with van der Waals surface area (Å²) in [5.41, 5.74) is 0.739. The Morgan fingerprint density at radius 2 is 1.70 bits per heavy atom. The van der Waals surface area contributed by atoms with Crippen LogP contribution in [0.15, 0.2) is 62.9 Å². The number of nitro groups is 1. The molecule has 7 heteroatoms. The van der Waals surface area contributed by atoms with Crippen LogP contribution in [0.2, 0.25) is 0 Å². The Balaban J connectivity index is 2.32. The van der Waals surface area contributed by atoms with E-state index in [0.29, 0.717) is 4.90 Å². The van der Waals surface area contributed by atoms with Crippen molar-refractivity contribution in [2.45, 2.75) is 10.6 Å². The molecule has 0 heterocycles. The first-order valence-corrected chi connectivity index (χ1v) is 8.08. The van der Waals surface area contributed by atoms with Gasteiger partial charge in [0.15, 0.2) is 0 Å². The fourth-order valence-electron chi connectivity index (χ4n) is 1.72. The van der Waals surface area contributed by atoms with Gasteiger partial charge in [-0.2, -0.15) is 3.39 Å². The minimum atomic E-state index is -2.62. The highest BCUT2D eigenvalue weighted by Crippen LogP contribution is 2.22. The van der Waals surface area contributed by atoms with Crippen LogP contribution in [-0.4, -0.2) is 9.13 Å². The van der Waals surface area contributed by atoms with Gasteiger partial charge in [-0.1, -0.05) is 30.3 Å². The summed E-state index contributed by atoms with van der Waals surface area (Å²) >= 11 is 2.95. The van der Waals surface area contributed by atoms with E-state index in [1.807, 2.05) is 6.07 Å². The van der Waals surface area contributed by atoms with Crippen LogP contribution in [-0.2, 0) is 15.5 Å². The van der Waals surface area contributed by atoms with Gasteiger partial charge in [0.1, 0.15) is 0 Å². The first-order chi connectivity index (χ1) is 9.55. The summed E-state index contributed by atoms with van der Waals surface area (Å²) in [4.78, 5) is 10.8. The number of non-ortho nitro benzene ring substituents is 1. The van der Waals surface area contributed by atoms with Crippen LogP contribution in [0.25, 0.3) is 0 Å². The summed E-state index contributed by atoms with van der Waals surface area (Å²) in [6.07, 6.45) is 0. The molecular weight excluding hydrogens is 344 g/mol. The lowest BCUT2D eigenvalue weighted by Crippen LogP contribution is -2.03. The molecular formula is C13H11BrN2O3S. The van der Waals surface area contributed by atoms with E-state index in [1.54, 1.807) is 36.4 Å². The van der Waals surface area contributed by atoms with Gasteiger partial charge >= 0.3 is 0 Å². The second kappa shape index (κ2) is 6.15. The quantitative estimate of drug-likeness (QED) is 0.616. The number of nitro benzene ring substituents is 1. The highest BCUT2D eigenvalue weighted by molar-refractivity contribution is 9.09. The Morgan fingerprint density at radius 1 is 1.10 bits per heavy atom. The Kier molecular flexibility index (Phi) is 4.51. The van der Waals surface area contributed by atoms with E-state index in [0.717, 1.165) is 5.56 Å². The molecule has 2 aromatic carbocycles. The summed E-state index contributed by atoms with van der Waals surface area (Å²) in [6.45, 7) is 0. The molecule has 20 heavy (non-hydrogen) atoms. The van der Waals surface area contributed by atoms with Crippen molar-refractivity contribution in [1.82, 2.24) is 0 Å². The summed E-state index contributed by atoms with van der Waals surface area (Å²) in [6, 6.07) is 14.9. The molecule has 0 aliphatic heterocycles. The molecule has 0 fully saturated rings. The normalized spacial score (nSPS) is 13.4. The van der Waals surface area contributed by atoms with Crippen molar-refractivity contribution < 1.29 is 9.13 Å². The van der Waals surface area contributed by atoms with Crippen LogP contribution in [0, 0.1) is 10.1 Å². The topological polar surface area (TPSA) is 72.6 Å². The van der Waals surface area contributed by atoms with Crippen molar-refractivity contribution >= 4 is 31.6 Å². The predicted octanol–water partition coefficient (Wildman–Crippen LogP) is 3.93. The maximum atomic E-state index is 12.8. The first-order valence-electron chi connectivity index (χ1n) is 5.69. The van der Waals surface area contributed by atoms with Crippen LogP contribution in [0.4, 0.5) is 5.69 Å². The smallest absolute Gasteiger partial charge is 0.258 e. The third-order valence-corrected chi connectivity index (χ3v) is 6.09. The molecule has 0 aliphatic rings. The van der Waals surface area contributed by atoms with Gasteiger partial charge < -0.3 is 0 Å².